The smallest absolute Gasteiger partial charge is 0.271 e. The fourth-order valence-corrected chi connectivity index (χ4v) is 2.14. The topological polar surface area (TPSA) is 87.8 Å². The molecular weight excluding hydrogens is 338 g/mol. The predicted octanol–water partition coefficient (Wildman–Crippen LogP) is 3.82. The molecule has 0 bridgehead atoms. The number of non-ortho nitro benzene ring substituents is 1. The van der Waals surface area contributed by atoms with Gasteiger partial charge in [-0.3, -0.25) is 15.5 Å². The molecule has 7 heteroatoms. The van der Waals surface area contributed by atoms with Gasteiger partial charge >= 0.3 is 0 Å². The molecule has 0 aliphatic heterocycles. The summed E-state index contributed by atoms with van der Waals surface area (Å²) < 4.78 is 0.244. The number of para-hydroxylation sites is 1. The normalized spacial score (nSPS) is 10.8. The van der Waals surface area contributed by atoms with E-state index in [1.807, 2.05) is 31.2 Å². The first-order valence-electron chi connectivity index (χ1n) is 6.00. The van der Waals surface area contributed by atoms with Gasteiger partial charge in [0.15, 0.2) is 0 Å². The molecule has 0 atom stereocenters. The van der Waals surface area contributed by atoms with Crippen molar-refractivity contribution in [1.29, 1.82) is 0 Å². The number of phenolic OH excluding ortho intramolecular Hbond substituents is 1. The van der Waals surface area contributed by atoms with E-state index in [4.69, 9.17) is 0 Å². The maximum atomic E-state index is 10.8. The van der Waals surface area contributed by atoms with Crippen molar-refractivity contribution in [2.75, 3.05) is 5.43 Å². The minimum absolute atomic E-state index is 0.101. The Balaban J connectivity index is 2.25. The van der Waals surface area contributed by atoms with Gasteiger partial charge in [-0.25, -0.2) is 0 Å². The summed E-state index contributed by atoms with van der Waals surface area (Å²) in [7, 11) is 0. The van der Waals surface area contributed by atoms with Crippen molar-refractivity contribution < 1.29 is 10.0 Å². The van der Waals surface area contributed by atoms with Gasteiger partial charge in [0.05, 0.1) is 21.3 Å². The van der Waals surface area contributed by atoms with Gasteiger partial charge in [-0.05, 0) is 34.5 Å². The monoisotopic (exact) mass is 349 g/mol. The molecule has 6 nitrogen and oxygen atoms in total. The maximum Gasteiger partial charge on any atom is 0.271 e. The number of nitro benzene ring substituents is 1. The average molecular weight is 350 g/mol. The van der Waals surface area contributed by atoms with Crippen LogP contribution >= 0.6 is 15.9 Å². The van der Waals surface area contributed by atoms with Gasteiger partial charge in [0, 0.05) is 17.7 Å². The van der Waals surface area contributed by atoms with Gasteiger partial charge in [-0.1, -0.05) is 18.2 Å². The minimum atomic E-state index is -0.531. The number of hydrazone groups is 1. The van der Waals surface area contributed by atoms with Crippen molar-refractivity contribution in [3.8, 4) is 5.75 Å². The van der Waals surface area contributed by atoms with Gasteiger partial charge in [-0.2, -0.15) is 5.10 Å². The molecule has 2 aromatic rings. The summed E-state index contributed by atoms with van der Waals surface area (Å²) in [6.45, 7) is 1.93. The van der Waals surface area contributed by atoms with Crippen LogP contribution in [-0.4, -0.2) is 16.2 Å². The number of aryl methyl sites for hydroxylation is 1. The highest BCUT2D eigenvalue weighted by Crippen LogP contribution is 2.31. The number of aromatic hydroxyl groups is 1. The Hall–Kier alpha value is -2.41. The molecule has 21 heavy (non-hydrogen) atoms. The molecule has 0 amide bonds. The number of hydrogen-bond donors (Lipinski definition) is 2. The maximum absolute atomic E-state index is 10.8. The number of rotatable bonds is 4. The highest BCUT2D eigenvalue weighted by Gasteiger charge is 2.13. The van der Waals surface area contributed by atoms with Crippen LogP contribution in [0.3, 0.4) is 0 Å². The minimum Gasteiger partial charge on any atom is -0.506 e. The van der Waals surface area contributed by atoms with Crippen LogP contribution in [0.2, 0.25) is 0 Å². The first-order valence-corrected chi connectivity index (χ1v) is 6.80. The third kappa shape index (κ3) is 3.57. The molecule has 0 unspecified atom stereocenters. The summed E-state index contributed by atoms with van der Waals surface area (Å²) >= 11 is 3.08. The number of hydrogen-bond acceptors (Lipinski definition) is 5. The highest BCUT2D eigenvalue weighted by molar-refractivity contribution is 9.10. The Kier molecular flexibility index (Phi) is 4.54. The molecule has 0 fully saturated rings. The Bertz CT molecular complexity index is 717. The summed E-state index contributed by atoms with van der Waals surface area (Å²) in [5.41, 5.74) is 4.78. The van der Waals surface area contributed by atoms with E-state index in [1.165, 1.54) is 18.3 Å². The first kappa shape index (κ1) is 15.0. The Labute approximate surface area is 129 Å². The number of nitro groups is 1. The lowest BCUT2D eigenvalue weighted by Gasteiger charge is -2.04. The Morgan fingerprint density at radius 2 is 2.10 bits per heavy atom. The SMILES string of the molecule is Cc1ccccc1NN=Cc1cc([N+](=O)[O-])cc(Br)c1O. The standard InChI is InChI=1S/C14H12BrN3O3/c1-9-4-2-3-5-13(9)17-16-8-10-6-11(18(20)21)7-12(15)14(10)19/h2-8,17,19H,1H3. The molecule has 2 rings (SSSR count). The number of nitrogens with zero attached hydrogens (tertiary/aromatic N) is 2. The molecule has 0 radical (unpaired) electrons. The largest absolute Gasteiger partial charge is 0.506 e. The fraction of sp³-hybridized carbons (Fsp3) is 0.0714. The predicted molar refractivity (Wildman–Crippen MR) is 84.9 cm³/mol. The van der Waals surface area contributed by atoms with Gasteiger partial charge in [0.2, 0.25) is 0 Å². The van der Waals surface area contributed by atoms with Crippen LogP contribution in [0.15, 0.2) is 46.0 Å². The highest BCUT2D eigenvalue weighted by atomic mass is 79.9. The third-order valence-electron chi connectivity index (χ3n) is 2.82. The van der Waals surface area contributed by atoms with E-state index in [9.17, 15) is 15.2 Å². The molecule has 108 valence electrons. The first-order chi connectivity index (χ1) is 9.99. The lowest BCUT2D eigenvalue weighted by Crippen LogP contribution is -1.95. The van der Waals surface area contributed by atoms with Crippen molar-refractivity contribution in [2.45, 2.75) is 6.92 Å². The zero-order valence-electron chi connectivity index (χ0n) is 11.1. The number of nitrogens with one attached hydrogen (secondary N) is 1. The van der Waals surface area contributed by atoms with Crippen LogP contribution < -0.4 is 5.43 Å². The van der Waals surface area contributed by atoms with Crippen molar-refractivity contribution in [1.82, 2.24) is 0 Å². The van der Waals surface area contributed by atoms with Gasteiger partial charge in [-0.15, -0.1) is 0 Å². The lowest BCUT2D eigenvalue weighted by molar-refractivity contribution is -0.385. The number of phenols is 1. The third-order valence-corrected chi connectivity index (χ3v) is 3.43. The quantitative estimate of drug-likeness (QED) is 0.499. The van der Waals surface area contributed by atoms with Gasteiger partial charge < -0.3 is 5.11 Å². The summed E-state index contributed by atoms with van der Waals surface area (Å²) in [5, 5.41) is 24.7. The molecule has 2 aromatic carbocycles. The van der Waals surface area contributed by atoms with Crippen LogP contribution in [0.25, 0.3) is 0 Å². The summed E-state index contributed by atoms with van der Waals surface area (Å²) in [5.74, 6) is -0.101. The molecule has 0 spiro atoms. The van der Waals surface area contributed by atoms with Gasteiger partial charge in [0.1, 0.15) is 5.75 Å². The second-order valence-corrected chi connectivity index (χ2v) is 5.16. The van der Waals surface area contributed by atoms with E-state index in [-0.39, 0.29) is 21.5 Å². The summed E-state index contributed by atoms with van der Waals surface area (Å²) in [6.07, 6.45) is 1.33. The van der Waals surface area contributed by atoms with E-state index in [0.717, 1.165) is 11.3 Å². The van der Waals surface area contributed by atoms with Crippen LogP contribution in [0.4, 0.5) is 11.4 Å². The molecule has 0 aliphatic carbocycles. The van der Waals surface area contributed by atoms with Crippen LogP contribution in [-0.2, 0) is 0 Å². The Morgan fingerprint density at radius 3 is 2.76 bits per heavy atom. The van der Waals surface area contributed by atoms with Crippen LogP contribution in [0, 0.1) is 17.0 Å². The summed E-state index contributed by atoms with van der Waals surface area (Å²) in [6, 6.07) is 10.1. The Morgan fingerprint density at radius 1 is 1.38 bits per heavy atom. The van der Waals surface area contributed by atoms with E-state index in [2.05, 4.69) is 26.5 Å². The zero-order valence-corrected chi connectivity index (χ0v) is 12.7. The van der Waals surface area contributed by atoms with E-state index < -0.39 is 4.92 Å². The van der Waals surface area contributed by atoms with E-state index >= 15 is 0 Å². The van der Waals surface area contributed by atoms with Gasteiger partial charge in [0.25, 0.3) is 5.69 Å². The second kappa shape index (κ2) is 6.36. The number of benzene rings is 2. The van der Waals surface area contributed by atoms with E-state index in [0.29, 0.717) is 0 Å². The fourth-order valence-electron chi connectivity index (χ4n) is 1.68. The molecule has 0 aromatic heterocycles. The zero-order chi connectivity index (χ0) is 15.4. The number of halogens is 1. The number of anilines is 1. The molecular formula is C14H12BrN3O3. The van der Waals surface area contributed by atoms with Crippen molar-refractivity contribution in [3.63, 3.8) is 0 Å². The van der Waals surface area contributed by atoms with Crippen molar-refractivity contribution in [3.05, 3.63) is 62.1 Å². The van der Waals surface area contributed by atoms with E-state index in [1.54, 1.807) is 0 Å². The molecule has 0 aliphatic rings. The van der Waals surface area contributed by atoms with Crippen LogP contribution in [0.1, 0.15) is 11.1 Å². The second-order valence-electron chi connectivity index (χ2n) is 4.31. The molecule has 0 saturated carbocycles. The molecule has 2 N–H and O–H groups in total. The van der Waals surface area contributed by atoms with Crippen LogP contribution in [0.5, 0.6) is 5.75 Å². The molecule has 0 saturated heterocycles. The average Bonchev–Trinajstić information content (AvgIpc) is 2.45. The van der Waals surface area contributed by atoms with Crippen molar-refractivity contribution >= 4 is 33.5 Å². The summed E-state index contributed by atoms with van der Waals surface area (Å²) in [4.78, 5) is 10.3. The van der Waals surface area contributed by atoms with Crippen molar-refractivity contribution in [2.24, 2.45) is 5.10 Å². The molecule has 0 heterocycles. The lowest BCUT2D eigenvalue weighted by atomic mass is 10.2.